The van der Waals surface area contributed by atoms with Crippen LogP contribution in [-0.2, 0) is 26.0 Å². The number of carbonyl (C=O) groups is 2. The molecule has 26 heavy (non-hydrogen) atoms. The first kappa shape index (κ1) is 22.0. The zero-order chi connectivity index (χ0) is 20.2. The Morgan fingerprint density at radius 1 is 1.15 bits per heavy atom. The number of ether oxygens (including phenoxy) is 1. The van der Waals surface area contributed by atoms with E-state index in [1.807, 2.05) is 5.32 Å². The summed E-state index contributed by atoms with van der Waals surface area (Å²) in [5.74, 6) is -1.96. The maximum absolute atomic E-state index is 14.1. The first-order chi connectivity index (χ1) is 11.8. The monoisotopic (exact) mass is 392 g/mol. The molecule has 0 saturated heterocycles. The number of carbonyl (C=O) groups excluding carboxylic acids is 2. The van der Waals surface area contributed by atoms with Crippen molar-refractivity contribution in [1.29, 1.82) is 0 Å². The fraction of sp³-hybridized carbons (Fsp3) is 0.500. The van der Waals surface area contributed by atoms with Gasteiger partial charge in [0.15, 0.2) is 0 Å². The Kier molecular flexibility index (Phi) is 6.83. The van der Waals surface area contributed by atoms with E-state index in [0.29, 0.717) is 5.56 Å². The number of hydrogen-bond donors (Lipinski definition) is 2. The molecule has 0 aromatic heterocycles. The maximum atomic E-state index is 14.1. The van der Waals surface area contributed by atoms with Gasteiger partial charge in [-0.1, -0.05) is 30.3 Å². The van der Waals surface area contributed by atoms with E-state index < -0.39 is 38.8 Å². The van der Waals surface area contributed by atoms with Crippen LogP contribution in [0.2, 0.25) is 0 Å². The Morgan fingerprint density at radius 2 is 1.69 bits per heavy atom. The molecular weight excluding hydrogens is 370 g/mol. The van der Waals surface area contributed by atoms with Crippen LogP contribution in [0.5, 0.6) is 0 Å². The molecule has 1 aromatic carbocycles. The summed E-state index contributed by atoms with van der Waals surface area (Å²) in [5.41, 5.74) is -0.469. The van der Waals surface area contributed by atoms with Crippen molar-refractivity contribution in [3.8, 4) is 0 Å². The molecule has 0 aliphatic rings. The van der Waals surface area contributed by atoms with Crippen molar-refractivity contribution in [3.05, 3.63) is 35.9 Å². The van der Waals surface area contributed by atoms with E-state index in [0.717, 1.165) is 7.05 Å². The standard InChI is InChI=1S/C16H22F2N2O5S/c1-15(2,3)25-14(22)20-12(10-11-8-6-5-7-9-11)13(21)16(17,18)26(23,24)19-4/h5-9,12,19H,10H2,1-4H3,(H,20,22)/t12-/m1/s1. The second-order valence-electron chi connectivity index (χ2n) is 6.48. The van der Waals surface area contributed by atoms with Gasteiger partial charge in [-0.25, -0.2) is 17.9 Å². The summed E-state index contributed by atoms with van der Waals surface area (Å²) >= 11 is 0. The zero-order valence-electron chi connectivity index (χ0n) is 14.9. The van der Waals surface area contributed by atoms with Crippen LogP contribution in [0.15, 0.2) is 30.3 Å². The lowest BCUT2D eigenvalue weighted by atomic mass is 10.0. The van der Waals surface area contributed by atoms with Gasteiger partial charge in [0, 0.05) is 6.42 Å². The summed E-state index contributed by atoms with van der Waals surface area (Å²) in [7, 11) is -4.46. The fourth-order valence-corrected chi connectivity index (χ4v) is 2.64. The summed E-state index contributed by atoms with van der Waals surface area (Å²) in [5, 5.41) is -2.68. The number of Topliss-reactive ketones (excluding diaryl/α,β-unsaturated/α-hetero) is 1. The van der Waals surface area contributed by atoms with Crippen molar-refractivity contribution in [1.82, 2.24) is 10.0 Å². The van der Waals surface area contributed by atoms with Crippen LogP contribution in [0.1, 0.15) is 26.3 Å². The molecule has 0 spiro atoms. The van der Waals surface area contributed by atoms with Crippen molar-refractivity contribution in [2.45, 2.75) is 44.1 Å². The predicted molar refractivity (Wildman–Crippen MR) is 91.2 cm³/mol. The molecule has 7 nitrogen and oxygen atoms in total. The van der Waals surface area contributed by atoms with Crippen molar-refractivity contribution in [3.63, 3.8) is 0 Å². The Balaban J connectivity index is 3.14. The highest BCUT2D eigenvalue weighted by Crippen LogP contribution is 2.24. The SMILES string of the molecule is CNS(=O)(=O)C(F)(F)C(=O)[C@@H](Cc1ccccc1)NC(=O)OC(C)(C)C. The molecule has 10 heteroatoms. The Hall–Kier alpha value is -2.07. The quantitative estimate of drug-likeness (QED) is 0.737. The Bertz CT molecular complexity index is 746. The first-order valence-corrected chi connectivity index (χ1v) is 9.17. The number of halogens is 2. The predicted octanol–water partition coefficient (Wildman–Crippen LogP) is 1.83. The molecule has 0 fully saturated rings. The smallest absolute Gasteiger partial charge is 0.418 e. The van der Waals surface area contributed by atoms with E-state index in [2.05, 4.69) is 0 Å². The number of ketones is 1. The second-order valence-corrected chi connectivity index (χ2v) is 8.40. The fourth-order valence-electron chi connectivity index (χ4n) is 1.97. The molecule has 146 valence electrons. The summed E-state index contributed by atoms with van der Waals surface area (Å²) in [6.45, 7) is 4.67. The summed E-state index contributed by atoms with van der Waals surface area (Å²) in [6, 6.07) is 6.23. The molecular formula is C16H22F2N2O5S. The van der Waals surface area contributed by atoms with Gasteiger partial charge in [0.05, 0.1) is 0 Å². The molecule has 0 heterocycles. The Morgan fingerprint density at radius 3 is 2.15 bits per heavy atom. The summed E-state index contributed by atoms with van der Waals surface area (Å²) in [4.78, 5) is 24.2. The van der Waals surface area contributed by atoms with Crippen LogP contribution in [0, 0.1) is 0 Å². The molecule has 1 atom stereocenters. The minimum atomic E-state index is -5.23. The Labute approximate surface area is 151 Å². The van der Waals surface area contributed by atoms with Gasteiger partial charge in [0.2, 0.25) is 5.78 Å². The van der Waals surface area contributed by atoms with Crippen molar-refractivity contribution >= 4 is 21.9 Å². The molecule has 2 N–H and O–H groups in total. The number of benzene rings is 1. The van der Waals surface area contributed by atoms with Gasteiger partial charge in [-0.15, -0.1) is 0 Å². The van der Waals surface area contributed by atoms with Crippen LogP contribution in [-0.4, -0.2) is 44.2 Å². The van der Waals surface area contributed by atoms with Crippen molar-refractivity contribution in [2.75, 3.05) is 7.05 Å². The lowest BCUT2D eigenvalue weighted by molar-refractivity contribution is -0.135. The van der Waals surface area contributed by atoms with E-state index >= 15 is 0 Å². The molecule has 1 rings (SSSR count). The average molecular weight is 392 g/mol. The zero-order valence-corrected chi connectivity index (χ0v) is 15.7. The van der Waals surface area contributed by atoms with E-state index in [-0.39, 0.29) is 6.42 Å². The molecule has 0 bridgehead atoms. The van der Waals surface area contributed by atoms with E-state index in [1.165, 1.54) is 4.72 Å². The van der Waals surface area contributed by atoms with Gasteiger partial charge < -0.3 is 10.1 Å². The number of alkyl carbamates (subject to hydrolysis) is 1. The third kappa shape index (κ3) is 5.73. The van der Waals surface area contributed by atoms with Gasteiger partial charge in [0.25, 0.3) is 10.0 Å². The average Bonchev–Trinajstić information content (AvgIpc) is 2.52. The molecule has 0 aliphatic heterocycles. The third-order valence-electron chi connectivity index (χ3n) is 3.18. The molecule has 1 amide bonds. The van der Waals surface area contributed by atoms with Crippen LogP contribution in [0.3, 0.4) is 0 Å². The van der Waals surface area contributed by atoms with Crippen LogP contribution < -0.4 is 10.0 Å². The molecule has 0 radical (unpaired) electrons. The highest BCUT2D eigenvalue weighted by molar-refractivity contribution is 7.91. The van der Waals surface area contributed by atoms with E-state index in [1.54, 1.807) is 51.1 Å². The first-order valence-electron chi connectivity index (χ1n) is 7.69. The number of amides is 1. The third-order valence-corrected chi connectivity index (χ3v) is 4.60. The van der Waals surface area contributed by atoms with E-state index in [4.69, 9.17) is 4.74 Å². The maximum Gasteiger partial charge on any atom is 0.418 e. The number of alkyl halides is 2. The summed E-state index contributed by atoms with van der Waals surface area (Å²) in [6.07, 6.45) is -1.43. The molecule has 0 aliphatic carbocycles. The number of hydrogen-bond acceptors (Lipinski definition) is 5. The van der Waals surface area contributed by atoms with E-state index in [9.17, 15) is 26.8 Å². The molecule has 0 unspecified atom stereocenters. The van der Waals surface area contributed by atoms with Gasteiger partial charge in [0.1, 0.15) is 11.6 Å². The van der Waals surface area contributed by atoms with Gasteiger partial charge >= 0.3 is 11.3 Å². The number of nitrogens with one attached hydrogen (secondary N) is 2. The lowest BCUT2D eigenvalue weighted by Crippen LogP contribution is -2.55. The van der Waals surface area contributed by atoms with Crippen molar-refractivity contribution < 1.29 is 31.5 Å². The van der Waals surface area contributed by atoms with Crippen molar-refractivity contribution in [2.24, 2.45) is 0 Å². The topological polar surface area (TPSA) is 102 Å². The highest BCUT2D eigenvalue weighted by Gasteiger charge is 2.54. The van der Waals surface area contributed by atoms with Gasteiger partial charge in [-0.2, -0.15) is 8.78 Å². The number of sulfonamides is 1. The largest absolute Gasteiger partial charge is 0.444 e. The highest BCUT2D eigenvalue weighted by atomic mass is 32.2. The van der Waals surface area contributed by atoms with Gasteiger partial charge in [-0.05, 0) is 33.4 Å². The normalized spacial score (nSPS) is 13.8. The van der Waals surface area contributed by atoms with Crippen LogP contribution in [0.4, 0.5) is 13.6 Å². The molecule has 1 aromatic rings. The van der Waals surface area contributed by atoms with Crippen LogP contribution in [0.25, 0.3) is 0 Å². The second kappa shape index (κ2) is 8.09. The summed E-state index contributed by atoms with van der Waals surface area (Å²) < 4.78 is 57.7. The van der Waals surface area contributed by atoms with Gasteiger partial charge in [-0.3, -0.25) is 4.79 Å². The minimum Gasteiger partial charge on any atom is -0.444 e. The lowest BCUT2D eigenvalue weighted by Gasteiger charge is -2.25. The number of rotatable bonds is 7. The molecule has 0 saturated carbocycles. The minimum absolute atomic E-state index is 0.326. The van der Waals surface area contributed by atoms with Crippen LogP contribution >= 0.6 is 0 Å².